The minimum absolute atomic E-state index is 0.0945. The van der Waals surface area contributed by atoms with E-state index in [-0.39, 0.29) is 11.5 Å². The number of H-pyrrole nitrogens is 2. The van der Waals surface area contributed by atoms with Gasteiger partial charge >= 0.3 is 0 Å². The summed E-state index contributed by atoms with van der Waals surface area (Å²) < 4.78 is 0. The zero-order valence-electron chi connectivity index (χ0n) is 7.79. The normalized spacial score (nSPS) is 10.9. The largest absolute Gasteiger partial charge is 0.369 e. The van der Waals surface area contributed by atoms with Crippen molar-refractivity contribution in [1.29, 1.82) is 0 Å². The highest BCUT2D eigenvalue weighted by molar-refractivity contribution is 5.70. The number of aryl methyl sites for hydroxylation is 1. The predicted octanol–water partition coefficient (Wildman–Crippen LogP) is 0.181. The second-order valence-electron chi connectivity index (χ2n) is 3.08. The third-order valence-corrected chi connectivity index (χ3v) is 1.92. The minimum Gasteiger partial charge on any atom is -0.369 e. The van der Waals surface area contributed by atoms with Crippen LogP contribution in [0.5, 0.6) is 0 Å². The van der Waals surface area contributed by atoms with Gasteiger partial charge in [-0.05, 0) is 6.42 Å². The lowest BCUT2D eigenvalue weighted by molar-refractivity contribution is 0.860. The van der Waals surface area contributed by atoms with Crippen LogP contribution in [0.2, 0.25) is 0 Å². The molecule has 0 aliphatic heterocycles. The molecule has 2 heterocycles. The molecule has 74 valence electrons. The maximum Gasteiger partial charge on any atom is 0.278 e. The van der Waals surface area contributed by atoms with Crippen molar-refractivity contribution in [3.05, 3.63) is 16.2 Å². The average molecular weight is 193 g/mol. The monoisotopic (exact) mass is 193 g/mol. The van der Waals surface area contributed by atoms with Crippen LogP contribution in [0.15, 0.2) is 4.79 Å². The van der Waals surface area contributed by atoms with Gasteiger partial charge in [-0.25, -0.2) is 4.98 Å². The summed E-state index contributed by atoms with van der Waals surface area (Å²) in [5, 5.41) is 0. The van der Waals surface area contributed by atoms with Gasteiger partial charge in [-0.3, -0.25) is 9.78 Å². The fraction of sp³-hybridized carbons (Fsp3) is 0.375. The first-order chi connectivity index (χ1) is 6.70. The lowest BCUT2D eigenvalue weighted by atomic mass is 10.3. The Balaban J connectivity index is 2.65. The third-order valence-electron chi connectivity index (χ3n) is 1.92. The summed E-state index contributed by atoms with van der Waals surface area (Å²) in [6.45, 7) is 2.04. The van der Waals surface area contributed by atoms with Crippen molar-refractivity contribution in [2.24, 2.45) is 0 Å². The molecule has 0 saturated carbocycles. The highest BCUT2D eigenvalue weighted by atomic mass is 16.1. The Bertz CT molecular complexity index is 512. The zero-order chi connectivity index (χ0) is 10.1. The molecule has 0 atom stereocenters. The van der Waals surface area contributed by atoms with Gasteiger partial charge in [0.25, 0.3) is 5.56 Å². The molecule has 2 rings (SSSR count). The summed E-state index contributed by atoms with van der Waals surface area (Å²) in [5.41, 5.74) is 5.89. The number of anilines is 1. The maximum atomic E-state index is 11.4. The van der Waals surface area contributed by atoms with E-state index in [4.69, 9.17) is 5.73 Å². The van der Waals surface area contributed by atoms with Crippen LogP contribution in [-0.4, -0.2) is 19.9 Å². The Kier molecular flexibility index (Phi) is 1.95. The number of nitrogen functional groups attached to an aromatic ring is 1. The van der Waals surface area contributed by atoms with Crippen LogP contribution in [0.4, 0.5) is 5.95 Å². The molecule has 0 unspecified atom stereocenters. The molecule has 14 heavy (non-hydrogen) atoms. The molecule has 0 saturated heterocycles. The van der Waals surface area contributed by atoms with Gasteiger partial charge in [0.1, 0.15) is 5.82 Å². The first-order valence-corrected chi connectivity index (χ1v) is 4.45. The number of nitrogens with two attached hydrogens (primary N) is 1. The summed E-state index contributed by atoms with van der Waals surface area (Å²) in [7, 11) is 0. The van der Waals surface area contributed by atoms with Gasteiger partial charge in [0.05, 0.1) is 0 Å². The van der Waals surface area contributed by atoms with Gasteiger partial charge in [0.2, 0.25) is 5.95 Å². The smallest absolute Gasteiger partial charge is 0.278 e. The number of hydrogen-bond donors (Lipinski definition) is 3. The first kappa shape index (κ1) is 8.74. The molecule has 6 nitrogen and oxygen atoms in total. The highest BCUT2D eigenvalue weighted by Gasteiger charge is 2.07. The maximum absolute atomic E-state index is 11.4. The van der Waals surface area contributed by atoms with Crippen molar-refractivity contribution < 1.29 is 0 Å². The van der Waals surface area contributed by atoms with Crippen molar-refractivity contribution in [1.82, 2.24) is 19.9 Å². The van der Waals surface area contributed by atoms with Crippen LogP contribution >= 0.6 is 0 Å². The quantitative estimate of drug-likeness (QED) is 0.633. The molecule has 0 radical (unpaired) electrons. The van der Waals surface area contributed by atoms with E-state index in [0.29, 0.717) is 11.2 Å². The number of nitrogens with zero attached hydrogens (tertiary/aromatic N) is 2. The van der Waals surface area contributed by atoms with Gasteiger partial charge in [-0.2, -0.15) is 4.98 Å². The fourth-order valence-electron chi connectivity index (χ4n) is 1.33. The molecule has 0 aromatic carbocycles. The van der Waals surface area contributed by atoms with E-state index < -0.39 is 0 Å². The summed E-state index contributed by atoms with van der Waals surface area (Å²) in [6, 6.07) is 0. The topological polar surface area (TPSA) is 100 Å². The summed E-state index contributed by atoms with van der Waals surface area (Å²) in [4.78, 5) is 24.8. The fourth-order valence-corrected chi connectivity index (χ4v) is 1.33. The van der Waals surface area contributed by atoms with Gasteiger partial charge < -0.3 is 10.7 Å². The molecule has 2 aromatic heterocycles. The van der Waals surface area contributed by atoms with E-state index >= 15 is 0 Å². The molecule has 0 amide bonds. The van der Waals surface area contributed by atoms with E-state index in [1.165, 1.54) is 0 Å². The summed E-state index contributed by atoms with van der Waals surface area (Å²) in [6.07, 6.45) is 1.77. The van der Waals surface area contributed by atoms with E-state index in [0.717, 1.165) is 18.7 Å². The number of aromatic nitrogens is 4. The SMILES string of the molecule is CCCc1nc2nc(N)[nH]c(=O)c2[nH]1. The highest BCUT2D eigenvalue weighted by Crippen LogP contribution is 2.05. The van der Waals surface area contributed by atoms with Gasteiger partial charge in [-0.1, -0.05) is 6.92 Å². The van der Waals surface area contributed by atoms with Crippen LogP contribution in [0, 0.1) is 0 Å². The van der Waals surface area contributed by atoms with Crippen LogP contribution in [0.3, 0.4) is 0 Å². The van der Waals surface area contributed by atoms with Crippen molar-refractivity contribution in [2.75, 3.05) is 5.73 Å². The Morgan fingerprint density at radius 3 is 2.86 bits per heavy atom. The molecule has 2 aromatic rings. The molecule has 0 bridgehead atoms. The van der Waals surface area contributed by atoms with E-state index in [1.807, 2.05) is 6.92 Å². The number of hydrogen-bond acceptors (Lipinski definition) is 4. The van der Waals surface area contributed by atoms with E-state index in [2.05, 4.69) is 19.9 Å². The Morgan fingerprint density at radius 1 is 1.36 bits per heavy atom. The molecule has 0 spiro atoms. The molecule has 4 N–H and O–H groups in total. The second kappa shape index (κ2) is 3.13. The average Bonchev–Trinajstić information content (AvgIpc) is 2.48. The van der Waals surface area contributed by atoms with Crippen molar-refractivity contribution in [2.45, 2.75) is 19.8 Å². The second-order valence-corrected chi connectivity index (χ2v) is 3.08. The number of nitrogens with one attached hydrogen (secondary N) is 2. The predicted molar refractivity (Wildman–Crippen MR) is 52.9 cm³/mol. The van der Waals surface area contributed by atoms with Crippen LogP contribution in [-0.2, 0) is 6.42 Å². The zero-order valence-corrected chi connectivity index (χ0v) is 7.79. The lowest BCUT2D eigenvalue weighted by Gasteiger charge is -1.89. The van der Waals surface area contributed by atoms with Crippen LogP contribution in [0.1, 0.15) is 19.2 Å². The lowest BCUT2D eigenvalue weighted by Crippen LogP contribution is -2.10. The number of imidazole rings is 1. The molecule has 0 aliphatic rings. The number of fused-ring (bicyclic) bond motifs is 1. The standard InChI is InChI=1S/C8H11N5O/c1-2-3-4-10-5-6(11-4)12-8(9)13-7(5)14/h2-3H2,1H3,(H4,9,10,11,12,13,14). The molecule has 0 aliphatic carbocycles. The van der Waals surface area contributed by atoms with E-state index in [1.54, 1.807) is 0 Å². The summed E-state index contributed by atoms with van der Waals surface area (Å²) >= 11 is 0. The summed E-state index contributed by atoms with van der Waals surface area (Å²) in [5.74, 6) is 0.864. The number of aromatic amines is 2. The van der Waals surface area contributed by atoms with Crippen molar-refractivity contribution >= 4 is 17.1 Å². The first-order valence-electron chi connectivity index (χ1n) is 4.45. The molecular weight excluding hydrogens is 182 g/mol. The minimum atomic E-state index is -0.276. The van der Waals surface area contributed by atoms with Crippen molar-refractivity contribution in [3.63, 3.8) is 0 Å². The Hall–Kier alpha value is -1.85. The third kappa shape index (κ3) is 1.34. The van der Waals surface area contributed by atoms with Crippen LogP contribution in [0.25, 0.3) is 11.2 Å². The molecular formula is C8H11N5O. The molecule has 0 fully saturated rings. The number of rotatable bonds is 2. The van der Waals surface area contributed by atoms with Gasteiger partial charge in [-0.15, -0.1) is 0 Å². The van der Waals surface area contributed by atoms with Gasteiger partial charge in [0, 0.05) is 6.42 Å². The van der Waals surface area contributed by atoms with Gasteiger partial charge in [0.15, 0.2) is 11.2 Å². The van der Waals surface area contributed by atoms with Crippen molar-refractivity contribution in [3.8, 4) is 0 Å². The Labute approximate surface area is 79.6 Å². The van der Waals surface area contributed by atoms with E-state index in [9.17, 15) is 4.79 Å². The molecule has 6 heteroatoms. The Morgan fingerprint density at radius 2 is 2.14 bits per heavy atom. The van der Waals surface area contributed by atoms with Crippen LogP contribution < -0.4 is 11.3 Å².